The molecule has 1 spiro atoms. The fourth-order valence-electron chi connectivity index (χ4n) is 3.63. The zero-order valence-electron chi connectivity index (χ0n) is 13.1. The topological polar surface area (TPSA) is 41.6 Å². The molecule has 22 heavy (non-hydrogen) atoms. The van der Waals surface area contributed by atoms with Crippen LogP contribution in [-0.2, 0) is 0 Å². The van der Waals surface area contributed by atoms with Crippen LogP contribution in [0.1, 0.15) is 36.0 Å². The molecule has 1 N–H and O–H groups in total. The number of para-hydroxylation sites is 1. The van der Waals surface area contributed by atoms with Crippen LogP contribution in [0.15, 0.2) is 24.3 Å². The van der Waals surface area contributed by atoms with Crippen molar-refractivity contribution in [3.63, 3.8) is 0 Å². The summed E-state index contributed by atoms with van der Waals surface area (Å²) in [5.41, 5.74) is 1.16. The van der Waals surface area contributed by atoms with E-state index in [1.54, 1.807) is 7.11 Å². The predicted molar refractivity (Wildman–Crippen MR) is 89.9 cm³/mol. The number of nitrogens with one attached hydrogen (secondary N) is 1. The van der Waals surface area contributed by atoms with E-state index in [1.165, 1.54) is 12.8 Å². The smallest absolute Gasteiger partial charge is 0.257 e. The lowest BCUT2D eigenvalue weighted by molar-refractivity contribution is 0.0493. The van der Waals surface area contributed by atoms with Crippen LogP contribution in [0.2, 0.25) is 0 Å². The van der Waals surface area contributed by atoms with E-state index in [1.807, 2.05) is 29.2 Å². The van der Waals surface area contributed by atoms with Gasteiger partial charge in [-0.2, -0.15) is 0 Å². The van der Waals surface area contributed by atoms with Crippen molar-refractivity contribution in [3.8, 4) is 5.75 Å². The van der Waals surface area contributed by atoms with Gasteiger partial charge in [-0.3, -0.25) is 4.79 Å². The highest BCUT2D eigenvalue weighted by molar-refractivity contribution is 5.97. The first kappa shape index (κ1) is 17.1. The zero-order chi connectivity index (χ0) is 14.7. The van der Waals surface area contributed by atoms with Gasteiger partial charge in [-0.15, -0.1) is 12.4 Å². The van der Waals surface area contributed by atoms with Crippen LogP contribution >= 0.6 is 12.4 Å². The number of hydrogen-bond acceptors (Lipinski definition) is 3. The Labute approximate surface area is 138 Å². The van der Waals surface area contributed by atoms with Gasteiger partial charge in [0.25, 0.3) is 5.91 Å². The quantitative estimate of drug-likeness (QED) is 0.909. The molecule has 0 unspecified atom stereocenters. The second-order valence-corrected chi connectivity index (χ2v) is 6.24. The highest BCUT2D eigenvalue weighted by Crippen LogP contribution is 2.39. The lowest BCUT2D eigenvalue weighted by Crippen LogP contribution is -2.47. The normalized spacial score (nSPS) is 20.3. The molecule has 2 aliphatic heterocycles. The van der Waals surface area contributed by atoms with E-state index in [9.17, 15) is 4.79 Å². The Bertz CT molecular complexity index is 505. The van der Waals surface area contributed by atoms with Crippen molar-refractivity contribution < 1.29 is 9.53 Å². The number of likely N-dealkylation sites (tertiary alicyclic amines) is 1. The number of hydrogen-bond donors (Lipinski definition) is 1. The molecule has 1 amide bonds. The fourth-order valence-corrected chi connectivity index (χ4v) is 3.63. The van der Waals surface area contributed by atoms with Crippen LogP contribution in [0.3, 0.4) is 0 Å². The Morgan fingerprint density at radius 1 is 1.14 bits per heavy atom. The summed E-state index contributed by atoms with van der Waals surface area (Å²) in [6.45, 7) is 3.99. The molecular weight excluding hydrogens is 300 g/mol. The molecule has 4 nitrogen and oxygen atoms in total. The first-order chi connectivity index (χ1) is 10.2. The lowest BCUT2D eigenvalue weighted by Gasteiger charge is -2.44. The molecule has 2 heterocycles. The van der Waals surface area contributed by atoms with Gasteiger partial charge in [-0.25, -0.2) is 0 Å². The molecule has 5 heteroatoms. The Morgan fingerprint density at radius 3 is 2.41 bits per heavy atom. The summed E-state index contributed by atoms with van der Waals surface area (Å²) in [7, 11) is 1.62. The number of carbonyl (C=O) groups is 1. The van der Waals surface area contributed by atoms with Crippen LogP contribution in [-0.4, -0.2) is 44.1 Å². The van der Waals surface area contributed by atoms with E-state index in [4.69, 9.17) is 4.74 Å². The van der Waals surface area contributed by atoms with E-state index in [-0.39, 0.29) is 18.3 Å². The molecule has 0 bridgehead atoms. The van der Waals surface area contributed by atoms with Crippen molar-refractivity contribution in [2.45, 2.75) is 25.7 Å². The minimum absolute atomic E-state index is 0. The SMILES string of the molecule is COc1ccccc1C(=O)N1CCC2(CCNCC2)CC1.Cl. The fraction of sp³-hybridized carbons (Fsp3) is 0.588. The van der Waals surface area contributed by atoms with Gasteiger partial charge in [-0.05, 0) is 56.3 Å². The number of benzene rings is 1. The van der Waals surface area contributed by atoms with Crippen LogP contribution in [0.5, 0.6) is 5.75 Å². The Balaban J connectivity index is 0.00000176. The van der Waals surface area contributed by atoms with E-state index < -0.39 is 0 Å². The number of amides is 1. The molecule has 1 aromatic rings. The van der Waals surface area contributed by atoms with E-state index >= 15 is 0 Å². The number of carbonyl (C=O) groups excluding carboxylic acids is 1. The van der Waals surface area contributed by atoms with Crippen molar-refractivity contribution in [3.05, 3.63) is 29.8 Å². The number of nitrogens with zero attached hydrogens (tertiary/aromatic N) is 1. The molecule has 0 aliphatic carbocycles. The molecule has 2 aliphatic rings. The van der Waals surface area contributed by atoms with Crippen LogP contribution in [0, 0.1) is 5.41 Å². The highest BCUT2D eigenvalue weighted by atomic mass is 35.5. The maximum absolute atomic E-state index is 12.7. The van der Waals surface area contributed by atoms with Gasteiger partial charge in [0.1, 0.15) is 5.75 Å². The summed E-state index contributed by atoms with van der Waals surface area (Å²) in [6.07, 6.45) is 4.78. The minimum Gasteiger partial charge on any atom is -0.496 e. The maximum Gasteiger partial charge on any atom is 0.257 e. The van der Waals surface area contributed by atoms with Crippen LogP contribution < -0.4 is 10.1 Å². The van der Waals surface area contributed by atoms with Gasteiger partial charge in [0.15, 0.2) is 0 Å². The summed E-state index contributed by atoms with van der Waals surface area (Å²) in [6, 6.07) is 7.51. The largest absolute Gasteiger partial charge is 0.496 e. The molecule has 0 atom stereocenters. The summed E-state index contributed by atoms with van der Waals surface area (Å²) in [5.74, 6) is 0.779. The third-order valence-corrected chi connectivity index (χ3v) is 5.11. The lowest BCUT2D eigenvalue weighted by atomic mass is 9.71. The minimum atomic E-state index is 0. The average molecular weight is 325 g/mol. The molecule has 1 aromatic carbocycles. The molecule has 0 aromatic heterocycles. The molecule has 2 fully saturated rings. The van der Waals surface area contributed by atoms with Crippen molar-refractivity contribution in [1.29, 1.82) is 0 Å². The number of rotatable bonds is 2. The van der Waals surface area contributed by atoms with Gasteiger partial charge < -0.3 is 15.0 Å². The summed E-state index contributed by atoms with van der Waals surface area (Å²) in [5, 5.41) is 3.43. The molecule has 0 saturated carbocycles. The van der Waals surface area contributed by atoms with Crippen molar-refractivity contribution in [2.24, 2.45) is 5.41 Å². The van der Waals surface area contributed by atoms with Gasteiger partial charge in [0.2, 0.25) is 0 Å². The first-order valence-electron chi connectivity index (χ1n) is 7.87. The predicted octanol–water partition coefficient (Wildman–Crippen LogP) is 2.72. The summed E-state index contributed by atoms with van der Waals surface area (Å²) >= 11 is 0. The highest BCUT2D eigenvalue weighted by Gasteiger charge is 2.37. The first-order valence-corrected chi connectivity index (χ1v) is 7.87. The van der Waals surface area contributed by atoms with Gasteiger partial charge in [-0.1, -0.05) is 12.1 Å². The van der Waals surface area contributed by atoms with E-state index in [0.29, 0.717) is 16.7 Å². The van der Waals surface area contributed by atoms with Crippen molar-refractivity contribution in [1.82, 2.24) is 10.2 Å². The number of piperidine rings is 2. The molecule has 3 rings (SSSR count). The van der Waals surface area contributed by atoms with Gasteiger partial charge in [0.05, 0.1) is 12.7 Å². The number of halogens is 1. The zero-order valence-corrected chi connectivity index (χ0v) is 14.0. The maximum atomic E-state index is 12.7. The third kappa shape index (κ3) is 3.39. The Hall–Kier alpha value is -1.26. The summed E-state index contributed by atoms with van der Waals surface area (Å²) < 4.78 is 5.31. The third-order valence-electron chi connectivity index (χ3n) is 5.11. The standard InChI is InChI=1S/C17H24N2O2.ClH/c1-21-15-5-3-2-4-14(15)16(20)19-12-8-17(9-13-19)6-10-18-11-7-17;/h2-5,18H,6-13H2,1H3;1H. The van der Waals surface area contributed by atoms with Crippen molar-refractivity contribution >= 4 is 18.3 Å². The number of ether oxygens (including phenoxy) is 1. The van der Waals surface area contributed by atoms with E-state index in [0.717, 1.165) is 39.0 Å². The van der Waals surface area contributed by atoms with Gasteiger partial charge >= 0.3 is 0 Å². The second kappa shape index (κ2) is 7.34. The molecule has 0 radical (unpaired) electrons. The Kier molecular flexibility index (Phi) is 5.70. The van der Waals surface area contributed by atoms with Gasteiger partial charge in [0, 0.05) is 13.1 Å². The molecule has 2 saturated heterocycles. The monoisotopic (exact) mass is 324 g/mol. The summed E-state index contributed by atoms with van der Waals surface area (Å²) in [4.78, 5) is 14.7. The van der Waals surface area contributed by atoms with Crippen molar-refractivity contribution in [2.75, 3.05) is 33.3 Å². The average Bonchev–Trinajstić information content (AvgIpc) is 2.56. The number of methoxy groups -OCH3 is 1. The Morgan fingerprint density at radius 2 is 1.77 bits per heavy atom. The molecule has 122 valence electrons. The molecular formula is C17H25ClN2O2. The van der Waals surface area contributed by atoms with Crippen LogP contribution in [0.4, 0.5) is 0 Å². The second-order valence-electron chi connectivity index (χ2n) is 6.24. The van der Waals surface area contributed by atoms with Crippen LogP contribution in [0.25, 0.3) is 0 Å². The van der Waals surface area contributed by atoms with E-state index in [2.05, 4.69) is 5.32 Å².